The Kier molecular flexibility index (Phi) is 8.63. The number of guanidine groups is 1. The lowest BCUT2D eigenvalue weighted by Crippen LogP contribution is -2.36. The Morgan fingerprint density at radius 1 is 1.17 bits per heavy atom. The van der Waals surface area contributed by atoms with E-state index in [1.54, 1.807) is 17.5 Å². The second kappa shape index (κ2) is 10.7. The van der Waals surface area contributed by atoms with Crippen LogP contribution in [0, 0.1) is 0 Å². The van der Waals surface area contributed by atoms with Crippen molar-refractivity contribution in [2.24, 2.45) is 4.99 Å². The van der Waals surface area contributed by atoms with Gasteiger partial charge in [0.2, 0.25) is 5.89 Å². The number of rotatable bonds is 6. The average Bonchev–Trinajstić information content (AvgIpc) is 3.34. The molecule has 0 unspecified atom stereocenters. The van der Waals surface area contributed by atoms with Crippen LogP contribution in [-0.2, 0) is 18.5 Å². The molecule has 0 aliphatic rings. The second-order valence-corrected chi connectivity index (χ2v) is 8.35. The quantitative estimate of drug-likeness (QED) is 0.270. The van der Waals surface area contributed by atoms with Gasteiger partial charge in [-0.05, 0) is 6.92 Å². The highest BCUT2D eigenvalue weighted by atomic mass is 127. The third-order valence-electron chi connectivity index (χ3n) is 4.04. The Bertz CT molecular complexity index is 915. The SMILES string of the molecule is CCNC(=NCc1ncc(C(C)(C)C)o1)NCc1nc(-c2ccccc2)cs1.I. The number of aliphatic imine (C=N–C) groups is 1. The van der Waals surface area contributed by atoms with Crippen molar-refractivity contribution in [3.63, 3.8) is 0 Å². The first-order valence-corrected chi connectivity index (χ1v) is 10.3. The number of thiazole rings is 1. The molecule has 3 rings (SSSR count). The summed E-state index contributed by atoms with van der Waals surface area (Å²) in [7, 11) is 0. The van der Waals surface area contributed by atoms with Crippen molar-refractivity contribution in [1.82, 2.24) is 20.6 Å². The van der Waals surface area contributed by atoms with Crippen molar-refractivity contribution in [3.05, 3.63) is 58.6 Å². The van der Waals surface area contributed by atoms with Crippen molar-refractivity contribution < 1.29 is 4.42 Å². The molecule has 0 saturated heterocycles. The van der Waals surface area contributed by atoms with E-state index in [0.29, 0.717) is 19.0 Å². The number of oxazole rings is 1. The van der Waals surface area contributed by atoms with Crippen LogP contribution >= 0.6 is 35.3 Å². The van der Waals surface area contributed by atoms with Crippen LogP contribution in [0.1, 0.15) is 44.4 Å². The maximum atomic E-state index is 5.81. The first kappa shape index (κ1) is 23.3. The molecule has 2 aromatic heterocycles. The monoisotopic (exact) mass is 525 g/mol. The predicted molar refractivity (Wildman–Crippen MR) is 130 cm³/mol. The van der Waals surface area contributed by atoms with Crippen LogP contribution in [0.15, 0.2) is 51.3 Å². The standard InChI is InChI=1S/C21H27N5OS.HI/c1-5-22-20(24-12-18-23-11-17(27-18)21(2,3)4)25-13-19-26-16(14-28-19)15-9-7-6-8-10-15;/h6-11,14H,5,12-13H2,1-4H3,(H2,22,24,25);1H. The number of nitrogens with zero attached hydrogens (tertiary/aromatic N) is 3. The lowest BCUT2D eigenvalue weighted by Gasteiger charge is -2.13. The summed E-state index contributed by atoms with van der Waals surface area (Å²) in [4.78, 5) is 13.6. The van der Waals surface area contributed by atoms with Crippen LogP contribution in [0.25, 0.3) is 11.3 Å². The van der Waals surface area contributed by atoms with E-state index in [1.807, 2.05) is 25.1 Å². The van der Waals surface area contributed by atoms with Gasteiger partial charge in [0.25, 0.3) is 0 Å². The van der Waals surface area contributed by atoms with E-state index in [2.05, 4.69) is 58.9 Å². The van der Waals surface area contributed by atoms with Gasteiger partial charge in [0.15, 0.2) is 5.96 Å². The normalized spacial score (nSPS) is 11.8. The highest BCUT2D eigenvalue weighted by Gasteiger charge is 2.19. The zero-order chi connectivity index (χ0) is 20.0. The van der Waals surface area contributed by atoms with Gasteiger partial charge in [0, 0.05) is 22.9 Å². The fraction of sp³-hybridized carbons (Fsp3) is 0.381. The summed E-state index contributed by atoms with van der Waals surface area (Å²) in [5.41, 5.74) is 2.07. The Balaban J connectivity index is 0.00000300. The van der Waals surface area contributed by atoms with Crippen molar-refractivity contribution >= 4 is 41.3 Å². The highest BCUT2D eigenvalue weighted by Crippen LogP contribution is 2.23. The maximum absolute atomic E-state index is 5.81. The van der Waals surface area contributed by atoms with Gasteiger partial charge in [-0.2, -0.15) is 0 Å². The third kappa shape index (κ3) is 6.81. The first-order chi connectivity index (χ1) is 13.5. The molecule has 1 aromatic carbocycles. The van der Waals surface area contributed by atoms with Crippen molar-refractivity contribution in [1.29, 1.82) is 0 Å². The number of aromatic nitrogens is 2. The lowest BCUT2D eigenvalue weighted by atomic mass is 9.94. The van der Waals surface area contributed by atoms with Crippen molar-refractivity contribution in [2.75, 3.05) is 6.54 Å². The molecule has 2 N–H and O–H groups in total. The summed E-state index contributed by atoms with van der Waals surface area (Å²) >= 11 is 1.64. The minimum atomic E-state index is -0.0565. The second-order valence-electron chi connectivity index (χ2n) is 7.41. The Hall–Kier alpha value is -1.94. The molecule has 0 spiro atoms. The summed E-state index contributed by atoms with van der Waals surface area (Å²) in [5, 5.41) is 9.66. The van der Waals surface area contributed by atoms with Gasteiger partial charge in [0.05, 0.1) is 18.4 Å². The van der Waals surface area contributed by atoms with Crippen molar-refractivity contribution in [3.8, 4) is 11.3 Å². The molecule has 0 radical (unpaired) electrons. The number of nitrogens with one attached hydrogen (secondary N) is 2. The molecular weight excluding hydrogens is 497 g/mol. The minimum absolute atomic E-state index is 0. The van der Waals surface area contributed by atoms with Gasteiger partial charge in [-0.15, -0.1) is 35.3 Å². The number of hydrogen-bond acceptors (Lipinski definition) is 5. The smallest absolute Gasteiger partial charge is 0.216 e. The van der Waals surface area contributed by atoms with Crippen LogP contribution < -0.4 is 10.6 Å². The highest BCUT2D eigenvalue weighted by molar-refractivity contribution is 14.0. The van der Waals surface area contributed by atoms with Crippen LogP contribution in [0.2, 0.25) is 0 Å². The average molecular weight is 525 g/mol. The van der Waals surface area contributed by atoms with Gasteiger partial charge in [-0.3, -0.25) is 0 Å². The maximum Gasteiger partial charge on any atom is 0.216 e. The van der Waals surface area contributed by atoms with Gasteiger partial charge >= 0.3 is 0 Å². The Morgan fingerprint density at radius 3 is 2.59 bits per heavy atom. The molecule has 0 aliphatic heterocycles. The van der Waals surface area contributed by atoms with E-state index in [4.69, 9.17) is 9.40 Å². The van der Waals surface area contributed by atoms with E-state index in [9.17, 15) is 0 Å². The number of benzene rings is 1. The molecule has 0 aliphatic carbocycles. The molecule has 6 nitrogen and oxygen atoms in total. The molecule has 0 saturated carbocycles. The molecular formula is C21H28IN5OS. The Morgan fingerprint density at radius 2 is 1.93 bits per heavy atom. The summed E-state index contributed by atoms with van der Waals surface area (Å²) in [6.07, 6.45) is 1.78. The van der Waals surface area contributed by atoms with E-state index in [1.165, 1.54) is 0 Å². The largest absolute Gasteiger partial charge is 0.443 e. The minimum Gasteiger partial charge on any atom is -0.443 e. The fourth-order valence-corrected chi connectivity index (χ4v) is 3.25. The molecule has 156 valence electrons. The molecule has 29 heavy (non-hydrogen) atoms. The molecule has 2 heterocycles. The van der Waals surface area contributed by atoms with E-state index < -0.39 is 0 Å². The van der Waals surface area contributed by atoms with Crippen LogP contribution in [-0.4, -0.2) is 22.5 Å². The topological polar surface area (TPSA) is 75.3 Å². The zero-order valence-electron chi connectivity index (χ0n) is 17.2. The Labute approximate surface area is 193 Å². The van der Waals surface area contributed by atoms with E-state index >= 15 is 0 Å². The molecule has 8 heteroatoms. The van der Waals surface area contributed by atoms with E-state index in [0.717, 1.165) is 34.5 Å². The molecule has 3 aromatic rings. The number of halogens is 1. The van der Waals surface area contributed by atoms with Crippen LogP contribution in [0.5, 0.6) is 0 Å². The zero-order valence-corrected chi connectivity index (χ0v) is 20.4. The van der Waals surface area contributed by atoms with Gasteiger partial charge in [0.1, 0.15) is 17.3 Å². The molecule has 0 bridgehead atoms. The lowest BCUT2D eigenvalue weighted by molar-refractivity contribution is 0.383. The van der Waals surface area contributed by atoms with Crippen molar-refractivity contribution in [2.45, 2.75) is 46.2 Å². The molecule has 0 atom stereocenters. The molecule has 0 amide bonds. The summed E-state index contributed by atoms with van der Waals surface area (Å²) in [6, 6.07) is 10.2. The summed E-state index contributed by atoms with van der Waals surface area (Å²) in [5.74, 6) is 2.20. The summed E-state index contributed by atoms with van der Waals surface area (Å²) < 4.78 is 5.81. The van der Waals surface area contributed by atoms with Crippen LogP contribution in [0.3, 0.4) is 0 Å². The van der Waals surface area contributed by atoms with E-state index in [-0.39, 0.29) is 29.4 Å². The van der Waals surface area contributed by atoms with Gasteiger partial charge in [-0.25, -0.2) is 15.0 Å². The van der Waals surface area contributed by atoms with Gasteiger partial charge < -0.3 is 15.1 Å². The molecule has 0 fully saturated rings. The summed E-state index contributed by atoms with van der Waals surface area (Å²) in [6.45, 7) is 10.1. The van der Waals surface area contributed by atoms with Crippen LogP contribution in [0.4, 0.5) is 0 Å². The number of hydrogen-bond donors (Lipinski definition) is 2. The fourth-order valence-electron chi connectivity index (χ4n) is 2.51. The first-order valence-electron chi connectivity index (χ1n) is 9.43. The third-order valence-corrected chi connectivity index (χ3v) is 4.89. The predicted octanol–water partition coefficient (Wildman–Crippen LogP) is 4.97. The van der Waals surface area contributed by atoms with Gasteiger partial charge in [-0.1, -0.05) is 51.1 Å².